The molecule has 1 atom stereocenters. The Kier molecular flexibility index (Phi) is 6.42. The first-order chi connectivity index (χ1) is 16.4. The molecule has 2 aliphatic rings. The average Bonchev–Trinajstić information content (AvgIpc) is 3.54. The van der Waals surface area contributed by atoms with Crippen LogP contribution in [0.1, 0.15) is 48.1 Å². The summed E-state index contributed by atoms with van der Waals surface area (Å²) in [6.45, 7) is 2.84. The maximum atomic E-state index is 13.9. The van der Waals surface area contributed by atoms with Gasteiger partial charge in [-0.05, 0) is 74.8 Å². The van der Waals surface area contributed by atoms with Crippen LogP contribution in [0.2, 0.25) is 0 Å². The number of aromatic amines is 1. The molecule has 3 aromatic rings. The fourth-order valence-corrected chi connectivity index (χ4v) is 6.59. The number of aryl methyl sites for hydroxylation is 1. The second-order valence-electron chi connectivity index (χ2n) is 9.06. The fourth-order valence-electron chi connectivity index (χ4n) is 4.90. The lowest BCUT2D eigenvalue weighted by molar-refractivity contribution is 0.0914. The highest BCUT2D eigenvalue weighted by molar-refractivity contribution is 7.89. The van der Waals surface area contributed by atoms with Gasteiger partial charge in [0, 0.05) is 24.3 Å². The lowest BCUT2D eigenvalue weighted by Crippen LogP contribution is -2.37. The number of nitrogens with one attached hydrogen (secondary N) is 1. The molecule has 0 unspecified atom stereocenters. The minimum Gasteiger partial charge on any atom is -0.468 e. The van der Waals surface area contributed by atoms with Crippen LogP contribution in [-0.2, 0) is 34.1 Å². The van der Waals surface area contributed by atoms with E-state index in [0.29, 0.717) is 29.2 Å². The number of furan rings is 1. The Bertz CT molecular complexity index is 1330. The Morgan fingerprint density at radius 1 is 1.15 bits per heavy atom. The van der Waals surface area contributed by atoms with Crippen molar-refractivity contribution in [1.29, 1.82) is 0 Å². The van der Waals surface area contributed by atoms with Gasteiger partial charge in [0.1, 0.15) is 5.76 Å². The molecular weight excluding hydrogens is 454 g/mol. The second kappa shape index (κ2) is 9.48. The summed E-state index contributed by atoms with van der Waals surface area (Å²) in [6.07, 6.45) is 6.60. The molecular formula is C25H29N3O5S. The first kappa shape index (κ1) is 23.0. The number of sulfonamides is 1. The SMILES string of the molecule is Cc1ccc(-c2n[nH]c(=O)c3c2CCCC3)cc1S(=O)(=O)N(Cc1ccco1)C[C@H]1CCCO1. The zero-order valence-corrected chi connectivity index (χ0v) is 20.1. The lowest BCUT2D eigenvalue weighted by atomic mass is 9.90. The van der Waals surface area contributed by atoms with Gasteiger partial charge in [-0.3, -0.25) is 4.79 Å². The van der Waals surface area contributed by atoms with E-state index in [-0.39, 0.29) is 29.6 Å². The maximum Gasteiger partial charge on any atom is 0.267 e. The van der Waals surface area contributed by atoms with Crippen LogP contribution in [0, 0.1) is 6.92 Å². The van der Waals surface area contributed by atoms with Gasteiger partial charge in [-0.25, -0.2) is 13.5 Å². The van der Waals surface area contributed by atoms with Crippen molar-refractivity contribution >= 4 is 10.0 Å². The van der Waals surface area contributed by atoms with Crippen molar-refractivity contribution in [3.63, 3.8) is 0 Å². The van der Waals surface area contributed by atoms with Crippen LogP contribution in [0.15, 0.2) is 50.7 Å². The molecule has 0 amide bonds. The number of nitrogens with zero attached hydrogens (tertiary/aromatic N) is 2. The van der Waals surface area contributed by atoms with Crippen molar-refractivity contribution in [2.75, 3.05) is 13.2 Å². The van der Waals surface area contributed by atoms with Gasteiger partial charge in [0.2, 0.25) is 10.0 Å². The van der Waals surface area contributed by atoms with Crippen LogP contribution < -0.4 is 5.56 Å². The molecule has 180 valence electrons. The van der Waals surface area contributed by atoms with Crippen molar-refractivity contribution in [2.45, 2.75) is 63.0 Å². The quantitative estimate of drug-likeness (QED) is 0.551. The third-order valence-corrected chi connectivity index (χ3v) is 8.67. The molecule has 1 N–H and O–H groups in total. The van der Waals surface area contributed by atoms with E-state index >= 15 is 0 Å². The summed E-state index contributed by atoms with van der Waals surface area (Å²) in [6, 6.07) is 8.90. The molecule has 0 radical (unpaired) electrons. The number of rotatable bonds is 7. The smallest absolute Gasteiger partial charge is 0.267 e. The molecule has 1 aliphatic carbocycles. The number of benzene rings is 1. The first-order valence-corrected chi connectivity index (χ1v) is 13.2. The number of fused-ring (bicyclic) bond motifs is 1. The Labute approximate surface area is 199 Å². The summed E-state index contributed by atoms with van der Waals surface area (Å²) in [5.41, 5.74) is 3.53. The number of aromatic nitrogens is 2. The summed E-state index contributed by atoms with van der Waals surface area (Å²) in [7, 11) is -3.86. The van der Waals surface area contributed by atoms with Gasteiger partial charge in [-0.2, -0.15) is 9.40 Å². The monoisotopic (exact) mass is 483 g/mol. The average molecular weight is 484 g/mol. The zero-order valence-electron chi connectivity index (χ0n) is 19.2. The first-order valence-electron chi connectivity index (χ1n) is 11.8. The highest BCUT2D eigenvalue weighted by Gasteiger charge is 2.31. The van der Waals surface area contributed by atoms with Crippen molar-refractivity contribution in [2.24, 2.45) is 0 Å². The predicted octanol–water partition coefficient (Wildman–Crippen LogP) is 3.59. The van der Waals surface area contributed by atoms with Crippen LogP contribution in [0.3, 0.4) is 0 Å². The van der Waals surface area contributed by atoms with Gasteiger partial charge < -0.3 is 9.15 Å². The lowest BCUT2D eigenvalue weighted by Gasteiger charge is -2.25. The van der Waals surface area contributed by atoms with Crippen molar-refractivity contribution < 1.29 is 17.6 Å². The van der Waals surface area contributed by atoms with E-state index in [1.165, 1.54) is 4.31 Å². The number of ether oxygens (including phenoxy) is 1. The van der Waals surface area contributed by atoms with Gasteiger partial charge in [-0.1, -0.05) is 12.1 Å². The van der Waals surface area contributed by atoms with Crippen LogP contribution in [0.4, 0.5) is 0 Å². The Hall–Kier alpha value is -2.75. The van der Waals surface area contributed by atoms with E-state index < -0.39 is 10.0 Å². The van der Waals surface area contributed by atoms with Crippen molar-refractivity contribution in [3.8, 4) is 11.3 Å². The molecule has 9 heteroatoms. The van der Waals surface area contributed by atoms with E-state index in [4.69, 9.17) is 9.15 Å². The third kappa shape index (κ3) is 4.47. The van der Waals surface area contributed by atoms with E-state index in [2.05, 4.69) is 10.2 Å². The Morgan fingerprint density at radius 3 is 2.71 bits per heavy atom. The van der Waals surface area contributed by atoms with Gasteiger partial charge >= 0.3 is 0 Å². The van der Waals surface area contributed by atoms with Gasteiger partial charge in [-0.15, -0.1) is 0 Å². The molecule has 1 aliphatic heterocycles. The molecule has 34 heavy (non-hydrogen) atoms. The molecule has 0 bridgehead atoms. The summed E-state index contributed by atoms with van der Waals surface area (Å²) in [5, 5.41) is 6.93. The maximum absolute atomic E-state index is 13.9. The highest BCUT2D eigenvalue weighted by atomic mass is 32.2. The summed E-state index contributed by atoms with van der Waals surface area (Å²) < 4.78 is 40.6. The molecule has 3 heterocycles. The van der Waals surface area contributed by atoms with E-state index in [1.54, 1.807) is 37.5 Å². The van der Waals surface area contributed by atoms with E-state index in [1.807, 2.05) is 6.07 Å². The topological polar surface area (TPSA) is 106 Å². The molecule has 1 aromatic carbocycles. The molecule has 1 saturated heterocycles. The largest absolute Gasteiger partial charge is 0.468 e. The third-order valence-electron chi connectivity index (χ3n) is 6.72. The summed E-state index contributed by atoms with van der Waals surface area (Å²) >= 11 is 0. The standard InChI is InChI=1S/C25H29N3O5S/c1-17-10-11-18(24-21-8-2-3-9-22(21)25(29)27-26-24)14-23(17)34(30,31)28(15-19-6-4-12-32-19)16-20-7-5-13-33-20/h4,6,10-12,14,20H,2-3,5,7-9,13,15-16H2,1H3,(H,27,29)/t20-/m1/s1. The van der Waals surface area contributed by atoms with Crippen LogP contribution in [0.25, 0.3) is 11.3 Å². The fraction of sp³-hybridized carbons (Fsp3) is 0.440. The normalized spacial score (nSPS) is 18.4. The molecule has 1 fully saturated rings. The van der Waals surface area contributed by atoms with Gasteiger partial charge in [0.05, 0.1) is 29.5 Å². The zero-order chi connectivity index (χ0) is 23.7. The number of hydrogen-bond acceptors (Lipinski definition) is 6. The number of H-pyrrole nitrogens is 1. The highest BCUT2D eigenvalue weighted by Crippen LogP contribution is 2.32. The molecule has 8 nitrogen and oxygen atoms in total. The van der Waals surface area contributed by atoms with E-state index in [0.717, 1.165) is 49.7 Å². The Balaban J connectivity index is 1.55. The van der Waals surface area contributed by atoms with Gasteiger partial charge in [0.15, 0.2) is 0 Å². The van der Waals surface area contributed by atoms with Crippen molar-refractivity contribution in [1.82, 2.24) is 14.5 Å². The van der Waals surface area contributed by atoms with E-state index in [9.17, 15) is 13.2 Å². The summed E-state index contributed by atoms with van der Waals surface area (Å²) in [4.78, 5) is 12.5. The second-order valence-corrected chi connectivity index (χ2v) is 11.0. The van der Waals surface area contributed by atoms with Crippen LogP contribution >= 0.6 is 0 Å². The number of hydrogen-bond donors (Lipinski definition) is 1. The minimum atomic E-state index is -3.86. The molecule has 2 aromatic heterocycles. The molecule has 0 saturated carbocycles. The molecule has 5 rings (SSSR count). The summed E-state index contributed by atoms with van der Waals surface area (Å²) in [5.74, 6) is 0.576. The van der Waals surface area contributed by atoms with Gasteiger partial charge in [0.25, 0.3) is 5.56 Å². The predicted molar refractivity (Wildman–Crippen MR) is 127 cm³/mol. The molecule has 0 spiro atoms. The van der Waals surface area contributed by atoms with Crippen LogP contribution in [0.5, 0.6) is 0 Å². The Morgan fingerprint density at radius 2 is 1.97 bits per heavy atom. The van der Waals surface area contributed by atoms with Crippen LogP contribution in [-0.4, -0.2) is 42.2 Å². The minimum absolute atomic E-state index is 0.130. The van der Waals surface area contributed by atoms with Crippen molar-refractivity contribution in [3.05, 3.63) is 69.4 Å².